The number of allylic oxidation sites excluding steroid dienone is 5. The number of hydrogen-bond donors (Lipinski definition) is 2. The predicted molar refractivity (Wildman–Crippen MR) is 123 cm³/mol. The summed E-state index contributed by atoms with van der Waals surface area (Å²) in [5, 5.41) is 13.6. The Hall–Kier alpha value is -2.69. The van der Waals surface area contributed by atoms with Crippen LogP contribution >= 0.6 is 0 Å². The van der Waals surface area contributed by atoms with Gasteiger partial charge < -0.3 is 10.5 Å². The lowest BCUT2D eigenvalue weighted by molar-refractivity contribution is -0.119. The third kappa shape index (κ3) is 8.36. The Morgan fingerprint density at radius 2 is 2.17 bits per heavy atom. The standard InChI is InChI=1S/C14H19FO2.C11H16N2/c1-3-5-10(8-12(16)4-2)11-6-7-13(15)14(17)9-11;1-4-6-10(7-5-2)11-8-9(3)12-13-11/h6-7,9-10,17H,3-5,8H2,1-2H3;4-7,9,12H,1,8H2,2-3H3/b;7-5-,10-6+. The van der Waals surface area contributed by atoms with Crippen molar-refractivity contribution in [2.45, 2.75) is 71.8 Å². The topological polar surface area (TPSA) is 61.7 Å². The number of halogens is 1. The molecule has 0 saturated carbocycles. The Morgan fingerprint density at radius 3 is 2.67 bits per heavy atom. The Bertz CT molecular complexity index is 796. The minimum atomic E-state index is -0.620. The number of benzene rings is 1. The normalized spacial score (nSPS) is 17.0. The van der Waals surface area contributed by atoms with Crippen molar-refractivity contribution in [1.82, 2.24) is 5.43 Å². The smallest absolute Gasteiger partial charge is 0.164 e. The monoisotopic (exact) mass is 414 g/mol. The van der Waals surface area contributed by atoms with Crippen LogP contribution in [0.1, 0.15) is 71.3 Å². The first-order valence-electron chi connectivity index (χ1n) is 10.6. The highest BCUT2D eigenvalue weighted by molar-refractivity contribution is 6.03. The van der Waals surface area contributed by atoms with E-state index >= 15 is 0 Å². The molecule has 0 saturated heterocycles. The van der Waals surface area contributed by atoms with E-state index in [1.807, 2.05) is 32.9 Å². The molecule has 0 aromatic heterocycles. The van der Waals surface area contributed by atoms with Crippen LogP contribution in [0.25, 0.3) is 0 Å². The average molecular weight is 415 g/mol. The van der Waals surface area contributed by atoms with Crippen molar-refractivity contribution in [2.24, 2.45) is 5.10 Å². The van der Waals surface area contributed by atoms with Gasteiger partial charge in [-0.05, 0) is 49.5 Å². The van der Waals surface area contributed by atoms with E-state index in [0.29, 0.717) is 18.9 Å². The molecule has 1 aliphatic rings. The van der Waals surface area contributed by atoms with Crippen LogP contribution in [0.3, 0.4) is 0 Å². The van der Waals surface area contributed by atoms with Gasteiger partial charge in [0.1, 0.15) is 5.78 Å². The molecule has 0 radical (unpaired) electrons. The van der Waals surface area contributed by atoms with Crippen molar-refractivity contribution in [1.29, 1.82) is 0 Å². The summed E-state index contributed by atoms with van der Waals surface area (Å²) in [5.74, 6) is -0.676. The Balaban J connectivity index is 0.000000311. The van der Waals surface area contributed by atoms with Crippen LogP contribution in [0.5, 0.6) is 5.75 Å². The average Bonchev–Trinajstić information content (AvgIpc) is 3.16. The van der Waals surface area contributed by atoms with Crippen LogP contribution < -0.4 is 5.43 Å². The molecule has 0 bridgehead atoms. The van der Waals surface area contributed by atoms with Gasteiger partial charge >= 0.3 is 0 Å². The molecule has 0 amide bonds. The van der Waals surface area contributed by atoms with Crippen LogP contribution in [0.2, 0.25) is 0 Å². The number of rotatable bonds is 9. The van der Waals surface area contributed by atoms with Gasteiger partial charge in [0.2, 0.25) is 0 Å². The van der Waals surface area contributed by atoms with Gasteiger partial charge in [-0.25, -0.2) is 4.39 Å². The molecule has 2 rings (SSSR count). The van der Waals surface area contributed by atoms with Gasteiger partial charge in [0, 0.05) is 25.3 Å². The van der Waals surface area contributed by atoms with E-state index in [1.165, 1.54) is 12.1 Å². The minimum Gasteiger partial charge on any atom is -0.505 e. The van der Waals surface area contributed by atoms with E-state index in [2.05, 4.69) is 30.1 Å². The van der Waals surface area contributed by atoms with Gasteiger partial charge in [-0.2, -0.15) is 5.10 Å². The van der Waals surface area contributed by atoms with Crippen LogP contribution in [0, 0.1) is 5.82 Å². The van der Waals surface area contributed by atoms with Crippen molar-refractivity contribution >= 4 is 11.5 Å². The van der Waals surface area contributed by atoms with Crippen LogP contribution in [-0.2, 0) is 4.79 Å². The van der Waals surface area contributed by atoms with Gasteiger partial charge in [-0.3, -0.25) is 4.79 Å². The van der Waals surface area contributed by atoms with E-state index in [0.717, 1.165) is 36.1 Å². The molecule has 1 aromatic rings. The molecule has 0 spiro atoms. The third-order valence-corrected chi connectivity index (χ3v) is 4.84. The second-order valence-corrected chi connectivity index (χ2v) is 7.44. The van der Waals surface area contributed by atoms with E-state index in [4.69, 9.17) is 0 Å². The third-order valence-electron chi connectivity index (χ3n) is 4.84. The maximum absolute atomic E-state index is 13.0. The maximum Gasteiger partial charge on any atom is 0.164 e. The summed E-state index contributed by atoms with van der Waals surface area (Å²) in [6.45, 7) is 11.7. The zero-order valence-electron chi connectivity index (χ0n) is 18.6. The SMILES string of the molecule is C=C/C=C(\C=C/C)C1=NNC(C)C1.CCCC(CC(=O)CC)c1ccc(F)c(O)c1. The molecule has 2 atom stereocenters. The predicted octanol–water partition coefficient (Wildman–Crippen LogP) is 6.20. The highest BCUT2D eigenvalue weighted by Crippen LogP contribution is 2.29. The van der Waals surface area contributed by atoms with Gasteiger partial charge in [-0.15, -0.1) is 0 Å². The maximum atomic E-state index is 13.0. The summed E-state index contributed by atoms with van der Waals surface area (Å²) >= 11 is 0. The Labute approximate surface area is 180 Å². The molecular weight excluding hydrogens is 379 g/mol. The number of carbonyl (C=O) groups is 1. The number of phenols is 1. The second-order valence-electron chi connectivity index (χ2n) is 7.44. The summed E-state index contributed by atoms with van der Waals surface area (Å²) in [5.41, 5.74) is 6.15. The summed E-state index contributed by atoms with van der Waals surface area (Å²) in [4.78, 5) is 11.5. The van der Waals surface area contributed by atoms with Gasteiger partial charge in [0.25, 0.3) is 0 Å². The second kappa shape index (κ2) is 13.5. The lowest BCUT2D eigenvalue weighted by atomic mass is 9.89. The molecular formula is C25H35FN2O2. The minimum absolute atomic E-state index is 0.0824. The van der Waals surface area contributed by atoms with Gasteiger partial charge in [0.05, 0.1) is 5.71 Å². The number of ketones is 1. The molecule has 0 aliphatic carbocycles. The zero-order valence-corrected chi connectivity index (χ0v) is 18.6. The molecule has 2 N–H and O–H groups in total. The summed E-state index contributed by atoms with van der Waals surface area (Å²) in [7, 11) is 0. The highest BCUT2D eigenvalue weighted by atomic mass is 19.1. The summed E-state index contributed by atoms with van der Waals surface area (Å²) in [6.07, 6.45) is 11.7. The Morgan fingerprint density at radius 1 is 1.43 bits per heavy atom. The van der Waals surface area contributed by atoms with E-state index < -0.39 is 5.82 Å². The fraction of sp³-hybridized carbons (Fsp3) is 0.440. The van der Waals surface area contributed by atoms with Crippen molar-refractivity contribution in [3.63, 3.8) is 0 Å². The first kappa shape index (κ1) is 25.3. The van der Waals surface area contributed by atoms with Crippen molar-refractivity contribution in [3.05, 3.63) is 66.0 Å². The lowest BCUT2D eigenvalue weighted by Gasteiger charge is -2.16. The molecule has 164 valence electrons. The van der Waals surface area contributed by atoms with Crippen LogP contribution in [0.15, 0.2) is 59.8 Å². The number of carbonyl (C=O) groups excluding carboxylic acids is 1. The van der Waals surface area contributed by atoms with Crippen LogP contribution in [-0.4, -0.2) is 22.6 Å². The molecule has 0 fully saturated rings. The number of aromatic hydroxyl groups is 1. The quantitative estimate of drug-likeness (QED) is 0.473. The van der Waals surface area contributed by atoms with Crippen molar-refractivity contribution < 1.29 is 14.3 Å². The fourth-order valence-electron chi connectivity index (χ4n) is 3.24. The summed E-state index contributed by atoms with van der Waals surface area (Å²) < 4.78 is 13.0. The molecule has 30 heavy (non-hydrogen) atoms. The molecule has 1 heterocycles. The number of hydrogen-bond acceptors (Lipinski definition) is 4. The van der Waals surface area contributed by atoms with E-state index in [9.17, 15) is 14.3 Å². The Kier molecular flexibility index (Phi) is 11.4. The molecule has 2 unspecified atom stereocenters. The number of nitrogens with zero attached hydrogens (tertiary/aromatic N) is 1. The number of nitrogens with one attached hydrogen (secondary N) is 1. The lowest BCUT2D eigenvalue weighted by Crippen LogP contribution is -2.13. The first-order valence-corrected chi connectivity index (χ1v) is 10.6. The van der Waals surface area contributed by atoms with Crippen molar-refractivity contribution in [3.8, 4) is 5.75 Å². The molecule has 5 heteroatoms. The van der Waals surface area contributed by atoms with Crippen LogP contribution in [0.4, 0.5) is 4.39 Å². The van der Waals surface area contributed by atoms with Gasteiger partial charge in [0.15, 0.2) is 11.6 Å². The number of Topliss-reactive ketones (excluding diaryl/α,β-unsaturated/α-hetero) is 1. The number of hydrazone groups is 1. The fourth-order valence-corrected chi connectivity index (χ4v) is 3.24. The largest absolute Gasteiger partial charge is 0.505 e. The van der Waals surface area contributed by atoms with Gasteiger partial charge in [-0.1, -0.05) is 57.2 Å². The summed E-state index contributed by atoms with van der Waals surface area (Å²) in [6, 6.07) is 4.79. The molecule has 1 aliphatic heterocycles. The number of phenolic OH excluding ortho intramolecular Hbond substituents is 1. The first-order chi connectivity index (χ1) is 14.4. The molecule has 1 aromatic carbocycles. The van der Waals surface area contributed by atoms with E-state index in [1.54, 1.807) is 12.1 Å². The van der Waals surface area contributed by atoms with E-state index in [-0.39, 0.29) is 17.5 Å². The zero-order chi connectivity index (χ0) is 22.5. The molecule has 4 nitrogen and oxygen atoms in total. The van der Waals surface area contributed by atoms with Crippen molar-refractivity contribution in [2.75, 3.05) is 0 Å². The highest BCUT2D eigenvalue weighted by Gasteiger charge is 2.16.